The number of likely N-dealkylation sites (N-methyl/N-ethyl adjacent to an activating group) is 1. The topological polar surface area (TPSA) is 20.3 Å². The van der Waals surface area contributed by atoms with Crippen LogP contribution in [0.2, 0.25) is 0 Å². The summed E-state index contributed by atoms with van der Waals surface area (Å²) in [5.41, 5.74) is 1.26. The van der Waals surface area contributed by atoms with Crippen molar-refractivity contribution >= 4 is 28.8 Å². The molecule has 0 aromatic carbocycles. The van der Waals surface area contributed by atoms with E-state index in [1.165, 1.54) is 10.4 Å². The second kappa shape index (κ2) is 5.87. The number of hydrogen-bond acceptors (Lipinski definition) is 2. The van der Waals surface area contributed by atoms with Crippen molar-refractivity contribution in [2.75, 3.05) is 19.0 Å². The molecule has 0 spiro atoms. The van der Waals surface area contributed by atoms with Crippen LogP contribution in [0.1, 0.15) is 36.1 Å². The molecule has 1 aliphatic rings. The van der Waals surface area contributed by atoms with Crippen molar-refractivity contribution in [2.45, 2.75) is 32.1 Å². The fourth-order valence-corrected chi connectivity index (χ4v) is 3.68. The van der Waals surface area contributed by atoms with Crippen LogP contribution in [0.5, 0.6) is 0 Å². The van der Waals surface area contributed by atoms with Crippen molar-refractivity contribution in [1.82, 2.24) is 4.90 Å². The second-order valence-electron chi connectivity index (χ2n) is 4.35. The van der Waals surface area contributed by atoms with Crippen LogP contribution in [0.25, 0.3) is 0 Å². The molecule has 0 bridgehead atoms. The molecule has 1 aromatic heterocycles. The molecule has 94 valence electrons. The van der Waals surface area contributed by atoms with Gasteiger partial charge in [0, 0.05) is 23.8 Å². The molecule has 4 heteroatoms. The summed E-state index contributed by atoms with van der Waals surface area (Å²) in [5.74, 6) is 0.851. The molecule has 1 aromatic rings. The molecule has 1 aliphatic carbocycles. The van der Waals surface area contributed by atoms with E-state index in [-0.39, 0.29) is 11.8 Å². The number of carbonyl (C=O) groups is 1. The molecule has 0 saturated carbocycles. The molecule has 1 unspecified atom stereocenters. The van der Waals surface area contributed by atoms with E-state index in [0.717, 1.165) is 25.8 Å². The summed E-state index contributed by atoms with van der Waals surface area (Å²) in [6.07, 6.45) is 3.25. The van der Waals surface area contributed by atoms with Crippen LogP contribution in [0, 0.1) is 0 Å². The Morgan fingerprint density at radius 1 is 1.65 bits per heavy atom. The Kier molecular flexibility index (Phi) is 4.46. The SMILES string of the molecule is CCN(CCCl)C(=O)C1CCCc2sccc21. The van der Waals surface area contributed by atoms with Gasteiger partial charge in [0.25, 0.3) is 0 Å². The first-order valence-electron chi connectivity index (χ1n) is 6.19. The van der Waals surface area contributed by atoms with E-state index >= 15 is 0 Å². The van der Waals surface area contributed by atoms with Crippen LogP contribution >= 0.6 is 22.9 Å². The van der Waals surface area contributed by atoms with Crippen molar-refractivity contribution in [1.29, 1.82) is 0 Å². The number of alkyl halides is 1. The zero-order valence-electron chi connectivity index (χ0n) is 10.1. The van der Waals surface area contributed by atoms with Gasteiger partial charge in [0.05, 0.1) is 5.92 Å². The molecule has 1 atom stereocenters. The number of halogens is 1. The van der Waals surface area contributed by atoms with E-state index in [4.69, 9.17) is 11.6 Å². The number of aryl methyl sites for hydroxylation is 1. The van der Waals surface area contributed by atoms with Gasteiger partial charge in [-0.05, 0) is 43.2 Å². The van der Waals surface area contributed by atoms with Crippen molar-refractivity contribution in [2.24, 2.45) is 0 Å². The van der Waals surface area contributed by atoms with E-state index in [9.17, 15) is 4.79 Å². The molecule has 1 heterocycles. The van der Waals surface area contributed by atoms with E-state index in [1.54, 1.807) is 11.3 Å². The monoisotopic (exact) mass is 271 g/mol. The maximum absolute atomic E-state index is 12.5. The Morgan fingerprint density at radius 3 is 3.18 bits per heavy atom. The van der Waals surface area contributed by atoms with Crippen LogP contribution < -0.4 is 0 Å². The number of fused-ring (bicyclic) bond motifs is 1. The van der Waals surface area contributed by atoms with Gasteiger partial charge in [-0.2, -0.15) is 0 Å². The highest BCUT2D eigenvalue weighted by atomic mass is 35.5. The lowest BCUT2D eigenvalue weighted by Crippen LogP contribution is -2.37. The van der Waals surface area contributed by atoms with Gasteiger partial charge in [-0.1, -0.05) is 0 Å². The largest absolute Gasteiger partial charge is 0.341 e. The summed E-state index contributed by atoms with van der Waals surface area (Å²) in [6.45, 7) is 3.43. The number of hydrogen-bond donors (Lipinski definition) is 0. The summed E-state index contributed by atoms with van der Waals surface area (Å²) in [6, 6.07) is 2.12. The van der Waals surface area contributed by atoms with E-state index in [1.807, 2.05) is 11.8 Å². The molecular weight excluding hydrogens is 254 g/mol. The highest BCUT2D eigenvalue weighted by Gasteiger charge is 2.29. The summed E-state index contributed by atoms with van der Waals surface area (Å²) < 4.78 is 0. The van der Waals surface area contributed by atoms with Crippen molar-refractivity contribution in [3.63, 3.8) is 0 Å². The molecule has 0 aliphatic heterocycles. The number of rotatable bonds is 4. The van der Waals surface area contributed by atoms with Gasteiger partial charge in [0.2, 0.25) is 5.91 Å². The minimum Gasteiger partial charge on any atom is -0.341 e. The van der Waals surface area contributed by atoms with Crippen LogP contribution in [-0.2, 0) is 11.2 Å². The Balaban J connectivity index is 2.16. The number of carbonyl (C=O) groups excluding carboxylic acids is 1. The lowest BCUT2D eigenvalue weighted by atomic mass is 9.86. The predicted octanol–water partition coefficient (Wildman–Crippen LogP) is 3.26. The molecule has 17 heavy (non-hydrogen) atoms. The minimum atomic E-state index is 0.0770. The summed E-state index contributed by atoms with van der Waals surface area (Å²) in [4.78, 5) is 15.7. The molecule has 0 radical (unpaired) electrons. The van der Waals surface area contributed by atoms with E-state index in [2.05, 4.69) is 11.4 Å². The van der Waals surface area contributed by atoms with E-state index in [0.29, 0.717) is 12.4 Å². The first kappa shape index (κ1) is 12.9. The Bertz CT molecular complexity index is 391. The van der Waals surface area contributed by atoms with Crippen molar-refractivity contribution in [3.8, 4) is 0 Å². The first-order chi connectivity index (χ1) is 8.27. The average Bonchev–Trinajstić information content (AvgIpc) is 2.83. The molecule has 0 saturated heterocycles. The van der Waals surface area contributed by atoms with Gasteiger partial charge in [0.1, 0.15) is 0 Å². The van der Waals surface area contributed by atoms with Crippen LogP contribution in [0.3, 0.4) is 0 Å². The zero-order valence-corrected chi connectivity index (χ0v) is 11.7. The van der Waals surface area contributed by atoms with Gasteiger partial charge < -0.3 is 4.90 Å². The van der Waals surface area contributed by atoms with Crippen molar-refractivity contribution in [3.05, 3.63) is 21.9 Å². The van der Waals surface area contributed by atoms with Gasteiger partial charge in [0.15, 0.2) is 0 Å². The predicted molar refractivity (Wildman–Crippen MR) is 73.0 cm³/mol. The number of amides is 1. The summed E-state index contributed by atoms with van der Waals surface area (Å²) in [7, 11) is 0. The molecule has 0 N–H and O–H groups in total. The Hall–Kier alpha value is -0.540. The number of nitrogens with zero attached hydrogens (tertiary/aromatic N) is 1. The maximum atomic E-state index is 12.5. The van der Waals surface area contributed by atoms with Gasteiger partial charge >= 0.3 is 0 Å². The van der Waals surface area contributed by atoms with Crippen molar-refractivity contribution < 1.29 is 4.79 Å². The lowest BCUT2D eigenvalue weighted by Gasteiger charge is -2.28. The second-order valence-corrected chi connectivity index (χ2v) is 5.73. The molecule has 2 nitrogen and oxygen atoms in total. The van der Waals surface area contributed by atoms with Crippen LogP contribution in [0.15, 0.2) is 11.4 Å². The number of thiophene rings is 1. The van der Waals surface area contributed by atoms with Gasteiger partial charge in [-0.3, -0.25) is 4.79 Å². The highest BCUT2D eigenvalue weighted by molar-refractivity contribution is 7.10. The van der Waals surface area contributed by atoms with Gasteiger partial charge in [-0.15, -0.1) is 22.9 Å². The first-order valence-corrected chi connectivity index (χ1v) is 7.60. The van der Waals surface area contributed by atoms with Crippen LogP contribution in [-0.4, -0.2) is 29.8 Å². The third kappa shape index (κ3) is 2.66. The normalized spacial score (nSPS) is 18.8. The fourth-order valence-electron chi connectivity index (χ4n) is 2.49. The molecule has 2 rings (SSSR count). The fraction of sp³-hybridized carbons (Fsp3) is 0.615. The van der Waals surface area contributed by atoms with E-state index < -0.39 is 0 Å². The Morgan fingerprint density at radius 2 is 2.47 bits per heavy atom. The molecule has 1 amide bonds. The average molecular weight is 272 g/mol. The van der Waals surface area contributed by atoms with Gasteiger partial charge in [-0.25, -0.2) is 0 Å². The Labute approximate surface area is 112 Å². The molecular formula is C13H18ClNOS. The summed E-state index contributed by atoms with van der Waals surface area (Å²) in [5, 5.41) is 2.11. The minimum absolute atomic E-state index is 0.0770. The third-order valence-electron chi connectivity index (χ3n) is 3.40. The maximum Gasteiger partial charge on any atom is 0.230 e. The quantitative estimate of drug-likeness (QED) is 0.770. The van der Waals surface area contributed by atoms with Crippen LogP contribution in [0.4, 0.5) is 0 Å². The smallest absolute Gasteiger partial charge is 0.230 e. The standard InChI is InChI=1S/C13H18ClNOS/c1-2-15(8-7-14)13(16)11-4-3-5-12-10(11)6-9-17-12/h6,9,11H,2-5,7-8H2,1H3. The lowest BCUT2D eigenvalue weighted by molar-refractivity contribution is -0.132. The zero-order chi connectivity index (χ0) is 12.3. The highest BCUT2D eigenvalue weighted by Crippen LogP contribution is 2.36. The summed E-state index contributed by atoms with van der Waals surface area (Å²) >= 11 is 7.53. The molecule has 0 fully saturated rings. The third-order valence-corrected chi connectivity index (χ3v) is 4.56.